The number of carbonyl (C=O) groups excluding carboxylic acids is 3. The fraction of sp³-hybridized carbons (Fsp3) is 0.433. The number of amides is 3. The van der Waals surface area contributed by atoms with Crippen LogP contribution >= 0.6 is 28.3 Å². The van der Waals surface area contributed by atoms with Gasteiger partial charge in [0.2, 0.25) is 17.7 Å². The molecule has 2 aromatic carbocycles. The van der Waals surface area contributed by atoms with E-state index in [-0.39, 0.29) is 30.1 Å². The van der Waals surface area contributed by atoms with Crippen molar-refractivity contribution in [2.45, 2.75) is 58.7 Å². The number of likely N-dealkylation sites (tertiary alicyclic amines) is 1. The second-order valence-corrected chi connectivity index (χ2v) is 12.2. The van der Waals surface area contributed by atoms with Gasteiger partial charge in [-0.05, 0) is 66.4 Å². The Balaban J connectivity index is 0.00000506. The Labute approximate surface area is 266 Å². The molecule has 43 heavy (non-hydrogen) atoms. The van der Waals surface area contributed by atoms with Crippen LogP contribution in [-0.4, -0.2) is 71.4 Å². The predicted octanol–water partition coefficient (Wildman–Crippen LogP) is 4.63. The lowest BCUT2D eigenvalue weighted by Gasteiger charge is -2.36. The molecule has 4 N–H and O–H groups in total. The predicted molar refractivity (Wildman–Crippen MR) is 174 cm³/mol. The number of benzene rings is 2. The number of carbonyl (C=O) groups is 3. The van der Waals surface area contributed by atoms with Gasteiger partial charge in [-0.3, -0.25) is 14.4 Å². The van der Waals surface area contributed by atoms with Crippen molar-refractivity contribution >= 4 is 74.2 Å². The maximum atomic E-state index is 13.8. The van der Waals surface area contributed by atoms with Crippen LogP contribution in [0.4, 0.5) is 17.2 Å². The summed E-state index contributed by atoms with van der Waals surface area (Å²) in [6, 6.07) is 9.22. The maximum Gasteiger partial charge on any atom is 0.247 e. The smallest absolute Gasteiger partial charge is 0.247 e. The van der Waals surface area contributed by atoms with Crippen LogP contribution in [0, 0.1) is 5.41 Å². The Kier molecular flexibility index (Phi) is 11.3. The molecule has 1 aliphatic heterocycles. The van der Waals surface area contributed by atoms with E-state index in [0.29, 0.717) is 47.5 Å². The van der Waals surface area contributed by atoms with E-state index in [0.717, 1.165) is 10.2 Å². The summed E-state index contributed by atoms with van der Waals surface area (Å²) in [6.07, 6.45) is 2.64. The van der Waals surface area contributed by atoms with Gasteiger partial charge in [-0.25, -0.2) is 9.97 Å². The molecule has 2 heterocycles. The van der Waals surface area contributed by atoms with Crippen molar-refractivity contribution in [2.24, 2.45) is 5.41 Å². The molecule has 11 nitrogen and oxygen atoms in total. The molecule has 0 radical (unpaired) electrons. The highest BCUT2D eigenvalue weighted by Gasteiger charge is 2.42. The number of hydrogen-bond acceptors (Lipinski definition) is 8. The standard InChI is InChI=1S/C30H38BrN7O4.ClH/c1-17(32-5)27(39)37-25(30(2,3)4)29(41)38-13-9-12-23(38)28(40)36-22-14-18-21(15-24(22)42-6)33-16-34-26(18)35-20-11-8-7-10-19(20)31;/h7-8,10-11,14-17,23,25,32H,9,12-13H2,1-6H3,(H,36,40)(H,37,39)(H,33,34,35);1H/t17-,23-,25+;/m0./s1. The van der Waals surface area contributed by atoms with E-state index in [9.17, 15) is 14.4 Å². The van der Waals surface area contributed by atoms with Crippen molar-refractivity contribution in [1.29, 1.82) is 0 Å². The van der Waals surface area contributed by atoms with Crippen molar-refractivity contribution < 1.29 is 19.1 Å². The molecule has 3 amide bonds. The number of ether oxygens (including phenoxy) is 1. The summed E-state index contributed by atoms with van der Waals surface area (Å²) in [5.74, 6) is 0.0929. The van der Waals surface area contributed by atoms with Crippen LogP contribution in [0.15, 0.2) is 47.2 Å². The fourth-order valence-corrected chi connectivity index (χ4v) is 5.26. The second kappa shape index (κ2) is 14.3. The first kappa shape index (κ1) is 34.0. The third kappa shape index (κ3) is 7.73. The van der Waals surface area contributed by atoms with Gasteiger partial charge in [0, 0.05) is 22.5 Å². The summed E-state index contributed by atoms with van der Waals surface area (Å²) in [5.41, 5.74) is 1.32. The van der Waals surface area contributed by atoms with Crippen molar-refractivity contribution in [3.8, 4) is 5.75 Å². The minimum atomic E-state index is -0.799. The van der Waals surface area contributed by atoms with Gasteiger partial charge < -0.3 is 30.9 Å². The third-order valence-corrected chi connectivity index (χ3v) is 8.10. The zero-order valence-electron chi connectivity index (χ0n) is 25.2. The van der Waals surface area contributed by atoms with E-state index in [2.05, 4.69) is 47.2 Å². The first-order chi connectivity index (χ1) is 19.9. The van der Waals surface area contributed by atoms with E-state index in [1.807, 2.05) is 45.0 Å². The van der Waals surface area contributed by atoms with Gasteiger partial charge >= 0.3 is 0 Å². The highest BCUT2D eigenvalue weighted by atomic mass is 79.9. The summed E-state index contributed by atoms with van der Waals surface area (Å²) in [4.78, 5) is 50.6. The molecule has 1 saturated heterocycles. The number of hydrogen-bond donors (Lipinski definition) is 4. The average Bonchev–Trinajstić information content (AvgIpc) is 3.46. The number of aromatic nitrogens is 2. The maximum absolute atomic E-state index is 13.8. The summed E-state index contributed by atoms with van der Waals surface area (Å²) in [7, 11) is 3.21. The van der Waals surface area contributed by atoms with Crippen molar-refractivity contribution in [3.05, 3.63) is 47.2 Å². The van der Waals surface area contributed by atoms with Gasteiger partial charge in [0.05, 0.1) is 30.0 Å². The van der Waals surface area contributed by atoms with E-state index in [1.54, 1.807) is 31.0 Å². The number of likely N-dealkylation sites (N-methyl/N-ethyl adjacent to an activating group) is 1. The van der Waals surface area contributed by atoms with Gasteiger partial charge in [0.25, 0.3) is 0 Å². The highest BCUT2D eigenvalue weighted by Crippen LogP contribution is 2.35. The van der Waals surface area contributed by atoms with E-state index in [4.69, 9.17) is 4.74 Å². The van der Waals surface area contributed by atoms with Crippen LogP contribution < -0.4 is 26.0 Å². The van der Waals surface area contributed by atoms with Crippen LogP contribution in [0.1, 0.15) is 40.5 Å². The van der Waals surface area contributed by atoms with Gasteiger partial charge in [-0.15, -0.1) is 12.4 Å². The highest BCUT2D eigenvalue weighted by molar-refractivity contribution is 9.10. The summed E-state index contributed by atoms with van der Waals surface area (Å²) >= 11 is 3.55. The molecule has 0 unspecified atom stereocenters. The third-order valence-electron chi connectivity index (χ3n) is 7.41. The minimum Gasteiger partial charge on any atom is -0.494 e. The molecule has 13 heteroatoms. The summed E-state index contributed by atoms with van der Waals surface area (Å²) in [5, 5.41) is 12.8. The van der Waals surface area contributed by atoms with Crippen LogP contribution in [-0.2, 0) is 14.4 Å². The molecule has 1 fully saturated rings. The first-order valence-corrected chi connectivity index (χ1v) is 14.7. The van der Waals surface area contributed by atoms with Crippen LogP contribution in [0.2, 0.25) is 0 Å². The number of nitrogens with one attached hydrogen (secondary N) is 4. The van der Waals surface area contributed by atoms with Crippen LogP contribution in [0.5, 0.6) is 5.75 Å². The van der Waals surface area contributed by atoms with E-state index < -0.39 is 23.5 Å². The molecule has 1 aromatic heterocycles. The Morgan fingerprint density at radius 3 is 2.49 bits per heavy atom. The normalized spacial score (nSPS) is 16.2. The second-order valence-electron chi connectivity index (χ2n) is 11.4. The van der Waals surface area contributed by atoms with Crippen LogP contribution in [0.3, 0.4) is 0 Å². The Morgan fingerprint density at radius 1 is 1.12 bits per heavy atom. The Morgan fingerprint density at radius 2 is 1.84 bits per heavy atom. The number of para-hydroxylation sites is 1. The number of methoxy groups -OCH3 is 1. The number of anilines is 3. The van der Waals surface area contributed by atoms with Gasteiger partial charge in [0.1, 0.15) is 30.0 Å². The molecule has 0 spiro atoms. The topological polar surface area (TPSA) is 138 Å². The fourth-order valence-electron chi connectivity index (χ4n) is 4.87. The Hall–Kier alpha value is -3.48. The number of nitrogens with zero attached hydrogens (tertiary/aromatic N) is 3. The lowest BCUT2D eigenvalue weighted by molar-refractivity contribution is -0.143. The van der Waals surface area contributed by atoms with Crippen LogP contribution in [0.25, 0.3) is 10.9 Å². The lowest BCUT2D eigenvalue weighted by Crippen LogP contribution is -2.59. The van der Waals surface area contributed by atoms with Crippen molar-refractivity contribution in [1.82, 2.24) is 25.5 Å². The van der Waals surface area contributed by atoms with E-state index in [1.165, 1.54) is 13.4 Å². The zero-order valence-corrected chi connectivity index (χ0v) is 27.6. The molecule has 3 aromatic rings. The van der Waals surface area contributed by atoms with Gasteiger partial charge in [-0.2, -0.15) is 0 Å². The number of rotatable bonds is 9. The van der Waals surface area contributed by atoms with Gasteiger partial charge in [-0.1, -0.05) is 32.9 Å². The molecule has 0 bridgehead atoms. The monoisotopic (exact) mass is 675 g/mol. The lowest BCUT2D eigenvalue weighted by atomic mass is 9.85. The molecule has 0 saturated carbocycles. The largest absolute Gasteiger partial charge is 0.494 e. The summed E-state index contributed by atoms with van der Waals surface area (Å²) in [6.45, 7) is 7.84. The van der Waals surface area contributed by atoms with Gasteiger partial charge in [0.15, 0.2) is 0 Å². The average molecular weight is 677 g/mol. The molecule has 232 valence electrons. The summed E-state index contributed by atoms with van der Waals surface area (Å²) < 4.78 is 6.46. The Bertz CT molecular complexity index is 1480. The molecule has 1 aliphatic rings. The minimum absolute atomic E-state index is 0. The zero-order chi connectivity index (χ0) is 30.6. The molecular weight excluding hydrogens is 638 g/mol. The first-order valence-electron chi connectivity index (χ1n) is 13.9. The van der Waals surface area contributed by atoms with Crippen molar-refractivity contribution in [2.75, 3.05) is 31.3 Å². The molecule has 0 aliphatic carbocycles. The number of fused-ring (bicyclic) bond motifs is 1. The van der Waals surface area contributed by atoms with E-state index >= 15 is 0 Å². The van der Waals surface area contributed by atoms with Crippen molar-refractivity contribution in [3.63, 3.8) is 0 Å². The SMILES string of the molecule is CN[C@@H](C)C(=O)N[C@H](C(=O)N1CCC[C@H]1C(=O)Nc1cc2c(Nc3ccccc3Br)ncnc2cc1OC)C(C)(C)C.Cl. The molecule has 4 rings (SSSR count). The quantitative estimate of drug-likeness (QED) is 0.258. The molecule has 3 atom stereocenters. The number of halogens is 2. The molecular formula is C30H39BrClN7O4.